The lowest BCUT2D eigenvalue weighted by atomic mass is 10.2. The Morgan fingerprint density at radius 2 is 2.19 bits per heavy atom. The van der Waals surface area contributed by atoms with Crippen molar-refractivity contribution in [3.63, 3.8) is 0 Å². The van der Waals surface area contributed by atoms with Crippen molar-refractivity contribution >= 4 is 17.2 Å². The van der Waals surface area contributed by atoms with Crippen molar-refractivity contribution < 1.29 is 9.18 Å². The molecule has 1 amide bonds. The largest absolute Gasteiger partial charge is 0.346 e. The van der Waals surface area contributed by atoms with Crippen molar-refractivity contribution in [1.29, 1.82) is 0 Å². The lowest BCUT2D eigenvalue weighted by Gasteiger charge is -2.03. The lowest BCUT2D eigenvalue weighted by Crippen LogP contribution is -2.23. The first-order chi connectivity index (χ1) is 10.2. The number of carbonyl (C=O) groups is 1. The van der Waals surface area contributed by atoms with Gasteiger partial charge in [0.1, 0.15) is 11.5 Å². The van der Waals surface area contributed by atoms with E-state index < -0.39 is 11.7 Å². The fraction of sp³-hybridized carbons (Fsp3) is 0.0714. The van der Waals surface area contributed by atoms with E-state index in [2.05, 4.69) is 15.6 Å². The average molecular weight is 302 g/mol. The summed E-state index contributed by atoms with van der Waals surface area (Å²) >= 11 is 1.56. The number of halogens is 1. The monoisotopic (exact) mass is 302 g/mol. The minimum absolute atomic E-state index is 0.0164. The van der Waals surface area contributed by atoms with Crippen LogP contribution in [-0.4, -0.2) is 20.9 Å². The van der Waals surface area contributed by atoms with E-state index in [4.69, 9.17) is 0 Å². The molecule has 3 rings (SSSR count). The molecule has 0 saturated heterocycles. The summed E-state index contributed by atoms with van der Waals surface area (Å²) in [6.07, 6.45) is 1.73. The fourth-order valence-electron chi connectivity index (χ4n) is 1.80. The summed E-state index contributed by atoms with van der Waals surface area (Å²) in [6.45, 7) is 0.192. The van der Waals surface area contributed by atoms with Gasteiger partial charge in [0.2, 0.25) is 0 Å². The molecule has 0 spiro atoms. The van der Waals surface area contributed by atoms with E-state index in [9.17, 15) is 9.18 Å². The average Bonchev–Trinajstić information content (AvgIpc) is 3.16. The van der Waals surface area contributed by atoms with Crippen LogP contribution in [0, 0.1) is 5.82 Å². The summed E-state index contributed by atoms with van der Waals surface area (Å²) in [7, 11) is 0. The molecule has 0 atom stereocenters. The van der Waals surface area contributed by atoms with Crippen LogP contribution < -0.4 is 5.32 Å². The second-order valence-electron chi connectivity index (χ2n) is 4.30. The Hall–Kier alpha value is -2.54. The Morgan fingerprint density at radius 1 is 1.33 bits per heavy atom. The van der Waals surface area contributed by atoms with Gasteiger partial charge in [0.05, 0.1) is 24.0 Å². The van der Waals surface area contributed by atoms with E-state index in [0.29, 0.717) is 5.69 Å². The zero-order valence-corrected chi connectivity index (χ0v) is 11.7. The van der Waals surface area contributed by atoms with Gasteiger partial charge in [0, 0.05) is 5.38 Å². The van der Waals surface area contributed by atoms with Crippen LogP contribution in [0.25, 0.3) is 5.69 Å². The first kappa shape index (κ1) is 13.4. The predicted octanol–water partition coefficient (Wildman–Crippen LogP) is 2.40. The third-order valence-electron chi connectivity index (χ3n) is 2.86. The SMILES string of the molecule is O=C(NCc1cn(-c2ccsc2)nn1)c1ccccc1F. The molecule has 21 heavy (non-hydrogen) atoms. The van der Waals surface area contributed by atoms with E-state index in [1.165, 1.54) is 12.1 Å². The number of carbonyl (C=O) groups excluding carboxylic acids is 1. The van der Waals surface area contributed by atoms with Crippen LogP contribution in [0.3, 0.4) is 0 Å². The third-order valence-corrected chi connectivity index (χ3v) is 3.53. The topological polar surface area (TPSA) is 59.8 Å². The fourth-order valence-corrected chi connectivity index (χ4v) is 2.43. The van der Waals surface area contributed by atoms with E-state index in [0.717, 1.165) is 5.69 Å². The number of amides is 1. The number of nitrogens with one attached hydrogen (secondary N) is 1. The van der Waals surface area contributed by atoms with Crippen molar-refractivity contribution in [2.24, 2.45) is 0 Å². The number of rotatable bonds is 4. The van der Waals surface area contributed by atoms with Gasteiger partial charge < -0.3 is 5.32 Å². The van der Waals surface area contributed by atoms with E-state index in [1.54, 1.807) is 34.3 Å². The van der Waals surface area contributed by atoms with Crippen LogP contribution in [-0.2, 0) is 6.54 Å². The summed E-state index contributed by atoms with van der Waals surface area (Å²) in [4.78, 5) is 11.9. The standard InChI is InChI=1S/C14H11FN4OS/c15-13-4-2-1-3-12(13)14(20)16-7-10-8-19(18-17-10)11-5-6-21-9-11/h1-6,8-9H,7H2,(H,16,20). The van der Waals surface area contributed by atoms with Gasteiger partial charge in [-0.1, -0.05) is 17.3 Å². The molecule has 0 fully saturated rings. The van der Waals surface area contributed by atoms with Gasteiger partial charge >= 0.3 is 0 Å². The maximum Gasteiger partial charge on any atom is 0.254 e. The molecule has 0 aliphatic rings. The first-order valence-electron chi connectivity index (χ1n) is 6.20. The van der Waals surface area contributed by atoms with Crippen molar-refractivity contribution in [2.75, 3.05) is 0 Å². The Bertz CT molecular complexity index is 754. The Kier molecular flexibility index (Phi) is 3.74. The number of benzene rings is 1. The first-order valence-corrected chi connectivity index (χ1v) is 7.15. The van der Waals surface area contributed by atoms with Crippen LogP contribution >= 0.6 is 11.3 Å². The lowest BCUT2D eigenvalue weighted by molar-refractivity contribution is 0.0946. The normalized spacial score (nSPS) is 10.5. The number of hydrogen-bond donors (Lipinski definition) is 1. The van der Waals surface area contributed by atoms with Gasteiger partial charge in [-0.25, -0.2) is 9.07 Å². The predicted molar refractivity (Wildman–Crippen MR) is 76.8 cm³/mol. The second-order valence-corrected chi connectivity index (χ2v) is 5.08. The molecule has 1 aromatic carbocycles. The Balaban J connectivity index is 1.66. The molecule has 5 nitrogen and oxygen atoms in total. The molecular weight excluding hydrogens is 291 g/mol. The van der Waals surface area contributed by atoms with Crippen LogP contribution in [0.4, 0.5) is 4.39 Å². The quantitative estimate of drug-likeness (QED) is 0.805. The van der Waals surface area contributed by atoms with Crippen LogP contribution in [0.15, 0.2) is 47.3 Å². The molecule has 2 aromatic heterocycles. The van der Waals surface area contributed by atoms with Gasteiger partial charge in [0.25, 0.3) is 5.91 Å². The second kappa shape index (κ2) is 5.84. The number of nitrogens with zero attached hydrogens (tertiary/aromatic N) is 3. The highest BCUT2D eigenvalue weighted by Crippen LogP contribution is 2.11. The molecule has 0 radical (unpaired) electrons. The third kappa shape index (κ3) is 2.97. The molecule has 2 heterocycles. The maximum absolute atomic E-state index is 13.5. The van der Waals surface area contributed by atoms with Gasteiger partial charge in [-0.15, -0.1) is 5.10 Å². The molecule has 0 saturated carbocycles. The zero-order valence-electron chi connectivity index (χ0n) is 10.9. The smallest absolute Gasteiger partial charge is 0.254 e. The minimum Gasteiger partial charge on any atom is -0.346 e. The summed E-state index contributed by atoms with van der Waals surface area (Å²) in [5.74, 6) is -1.02. The van der Waals surface area contributed by atoms with E-state index >= 15 is 0 Å². The molecule has 7 heteroatoms. The summed E-state index contributed by atoms with van der Waals surface area (Å²) in [6, 6.07) is 7.76. The van der Waals surface area contributed by atoms with Gasteiger partial charge in [-0.2, -0.15) is 11.3 Å². The molecule has 106 valence electrons. The van der Waals surface area contributed by atoms with Gasteiger partial charge in [-0.05, 0) is 23.6 Å². The number of aromatic nitrogens is 3. The molecule has 0 aliphatic heterocycles. The molecule has 0 bridgehead atoms. The van der Waals surface area contributed by atoms with E-state index in [-0.39, 0.29) is 12.1 Å². The van der Waals surface area contributed by atoms with Crippen molar-refractivity contribution in [3.05, 3.63) is 64.4 Å². The zero-order chi connectivity index (χ0) is 14.7. The van der Waals surface area contributed by atoms with Crippen molar-refractivity contribution in [3.8, 4) is 5.69 Å². The molecule has 0 aliphatic carbocycles. The maximum atomic E-state index is 13.5. The summed E-state index contributed by atoms with van der Waals surface area (Å²) in [5.41, 5.74) is 1.53. The van der Waals surface area contributed by atoms with Gasteiger partial charge in [-0.3, -0.25) is 4.79 Å². The highest BCUT2D eigenvalue weighted by atomic mass is 32.1. The molecule has 1 N–H and O–H groups in total. The highest BCUT2D eigenvalue weighted by Gasteiger charge is 2.11. The molecule has 3 aromatic rings. The van der Waals surface area contributed by atoms with Gasteiger partial charge in [0.15, 0.2) is 0 Å². The van der Waals surface area contributed by atoms with Crippen molar-refractivity contribution in [2.45, 2.75) is 6.54 Å². The highest BCUT2D eigenvalue weighted by molar-refractivity contribution is 7.08. The number of hydrogen-bond acceptors (Lipinski definition) is 4. The Labute approximate surface area is 124 Å². The van der Waals surface area contributed by atoms with Crippen LogP contribution in [0.5, 0.6) is 0 Å². The van der Waals surface area contributed by atoms with Crippen LogP contribution in [0.1, 0.15) is 16.1 Å². The summed E-state index contributed by atoms with van der Waals surface area (Å²) < 4.78 is 15.1. The molecule has 0 unspecified atom stereocenters. The minimum atomic E-state index is -0.545. The summed E-state index contributed by atoms with van der Waals surface area (Å²) in [5, 5.41) is 14.4. The Morgan fingerprint density at radius 3 is 2.95 bits per heavy atom. The van der Waals surface area contributed by atoms with Crippen molar-refractivity contribution in [1.82, 2.24) is 20.3 Å². The van der Waals surface area contributed by atoms with Crippen LogP contribution in [0.2, 0.25) is 0 Å². The van der Waals surface area contributed by atoms with E-state index in [1.807, 2.05) is 16.8 Å². The molecular formula is C14H11FN4OS. The number of thiophene rings is 1.